The van der Waals surface area contributed by atoms with Crippen LogP contribution in [0.3, 0.4) is 0 Å². The van der Waals surface area contributed by atoms with Crippen molar-refractivity contribution in [2.24, 2.45) is 0 Å². The Balaban J connectivity index is 1.57. The van der Waals surface area contributed by atoms with E-state index in [1.54, 1.807) is 18.7 Å². The number of likely N-dealkylation sites (N-methyl/N-ethyl adjacent to an activating group) is 1. The number of rotatable bonds is 5. The molecular formula is C23H27N7O. The molecule has 1 aliphatic carbocycles. The van der Waals surface area contributed by atoms with Crippen LogP contribution in [-0.2, 0) is 4.79 Å². The van der Waals surface area contributed by atoms with E-state index < -0.39 is 0 Å². The first kappa shape index (κ1) is 19.7. The van der Waals surface area contributed by atoms with Gasteiger partial charge in [-0.3, -0.25) is 9.55 Å². The smallest absolute Gasteiger partial charge is 0.237 e. The van der Waals surface area contributed by atoms with Gasteiger partial charge in [0.05, 0.1) is 23.6 Å². The third kappa shape index (κ3) is 3.36. The molecule has 160 valence electrons. The summed E-state index contributed by atoms with van der Waals surface area (Å²) in [6.07, 6.45) is 15.7. The van der Waals surface area contributed by atoms with Gasteiger partial charge in [-0.1, -0.05) is 19.8 Å². The Morgan fingerprint density at radius 2 is 2.03 bits per heavy atom. The van der Waals surface area contributed by atoms with Crippen LogP contribution in [0.4, 0.5) is 11.5 Å². The van der Waals surface area contributed by atoms with Gasteiger partial charge in [0.25, 0.3) is 0 Å². The summed E-state index contributed by atoms with van der Waals surface area (Å²) in [6, 6.07) is 4.20. The van der Waals surface area contributed by atoms with Crippen molar-refractivity contribution in [1.29, 1.82) is 0 Å². The standard InChI is InChI=1S/C23H27N7O/c1-3-19-21(14-31)28(2)20-12-25-23(27-22(20)30(19)17-8-4-5-9-17)29-13-18(26-15-29)16-7-6-10-24-11-16/h6-7,10-15,17,19,21H,3-5,8-9H2,1-2H3. The molecule has 8 heteroatoms. The molecule has 0 radical (unpaired) electrons. The SMILES string of the molecule is CCC1C(C=O)N(C)c2cnc(-n3cnc(-c4cccnc4)c3)nc2N1C1CCCC1. The van der Waals surface area contributed by atoms with Crippen molar-refractivity contribution in [1.82, 2.24) is 24.5 Å². The predicted molar refractivity (Wildman–Crippen MR) is 119 cm³/mol. The summed E-state index contributed by atoms with van der Waals surface area (Å²) in [5.74, 6) is 1.50. The van der Waals surface area contributed by atoms with Crippen LogP contribution in [0.2, 0.25) is 0 Å². The van der Waals surface area contributed by atoms with E-state index in [1.165, 1.54) is 12.8 Å². The number of pyridine rings is 1. The van der Waals surface area contributed by atoms with E-state index >= 15 is 0 Å². The van der Waals surface area contributed by atoms with Crippen molar-refractivity contribution in [2.45, 2.75) is 57.2 Å². The fourth-order valence-corrected chi connectivity index (χ4v) is 5.00. The van der Waals surface area contributed by atoms with Crippen molar-refractivity contribution in [3.8, 4) is 17.2 Å². The van der Waals surface area contributed by atoms with E-state index in [0.29, 0.717) is 12.0 Å². The minimum absolute atomic E-state index is 0.106. The first-order valence-electron chi connectivity index (χ1n) is 11.0. The molecular weight excluding hydrogens is 390 g/mol. The predicted octanol–water partition coefficient (Wildman–Crippen LogP) is 3.27. The molecule has 2 aliphatic rings. The molecule has 2 unspecified atom stereocenters. The molecule has 5 rings (SSSR count). The second kappa shape index (κ2) is 8.09. The molecule has 0 amide bonds. The van der Waals surface area contributed by atoms with Gasteiger partial charge in [0.1, 0.15) is 18.7 Å². The molecule has 0 aromatic carbocycles. The van der Waals surface area contributed by atoms with Crippen LogP contribution in [0.15, 0.2) is 43.2 Å². The fourth-order valence-electron chi connectivity index (χ4n) is 5.00. The highest BCUT2D eigenvalue weighted by Gasteiger charge is 2.41. The lowest BCUT2D eigenvalue weighted by Gasteiger charge is -2.48. The molecule has 0 saturated heterocycles. The maximum absolute atomic E-state index is 12.0. The minimum atomic E-state index is -0.196. The second-order valence-corrected chi connectivity index (χ2v) is 8.35. The summed E-state index contributed by atoms with van der Waals surface area (Å²) in [6.45, 7) is 2.15. The number of carbonyl (C=O) groups excluding carboxylic acids is 1. The summed E-state index contributed by atoms with van der Waals surface area (Å²) in [7, 11) is 1.97. The highest BCUT2D eigenvalue weighted by molar-refractivity contribution is 5.79. The molecule has 0 N–H and O–H groups in total. The third-order valence-electron chi connectivity index (χ3n) is 6.61. The van der Waals surface area contributed by atoms with Crippen molar-refractivity contribution in [2.75, 3.05) is 16.8 Å². The summed E-state index contributed by atoms with van der Waals surface area (Å²) < 4.78 is 1.85. The van der Waals surface area contributed by atoms with Gasteiger partial charge in [-0.05, 0) is 31.4 Å². The third-order valence-corrected chi connectivity index (χ3v) is 6.61. The quantitative estimate of drug-likeness (QED) is 0.590. The molecule has 1 aliphatic heterocycles. The van der Waals surface area contributed by atoms with Gasteiger partial charge in [0, 0.05) is 37.2 Å². The number of anilines is 2. The van der Waals surface area contributed by atoms with Crippen LogP contribution < -0.4 is 9.80 Å². The van der Waals surface area contributed by atoms with Gasteiger partial charge in [-0.15, -0.1) is 0 Å². The number of nitrogens with zero attached hydrogens (tertiary/aromatic N) is 7. The fraction of sp³-hybridized carbons (Fsp3) is 0.435. The van der Waals surface area contributed by atoms with Crippen LogP contribution in [-0.4, -0.2) is 56.0 Å². The molecule has 1 saturated carbocycles. The average molecular weight is 418 g/mol. The van der Waals surface area contributed by atoms with Gasteiger partial charge >= 0.3 is 0 Å². The van der Waals surface area contributed by atoms with Gasteiger partial charge in [-0.25, -0.2) is 9.97 Å². The highest BCUT2D eigenvalue weighted by atomic mass is 16.1. The van der Waals surface area contributed by atoms with E-state index in [4.69, 9.17) is 4.98 Å². The maximum atomic E-state index is 12.0. The molecule has 4 heterocycles. The van der Waals surface area contributed by atoms with E-state index in [2.05, 4.69) is 26.8 Å². The van der Waals surface area contributed by atoms with Crippen molar-refractivity contribution in [3.63, 3.8) is 0 Å². The van der Waals surface area contributed by atoms with Crippen LogP contribution in [0.25, 0.3) is 17.2 Å². The van der Waals surface area contributed by atoms with Crippen molar-refractivity contribution < 1.29 is 4.79 Å². The van der Waals surface area contributed by atoms with Gasteiger partial charge in [-0.2, -0.15) is 4.98 Å². The molecule has 3 aromatic rings. The normalized spacial score (nSPS) is 21.4. The first-order valence-corrected chi connectivity index (χ1v) is 11.0. The van der Waals surface area contributed by atoms with Crippen molar-refractivity contribution in [3.05, 3.63) is 43.2 Å². The van der Waals surface area contributed by atoms with Crippen LogP contribution in [0.5, 0.6) is 0 Å². The Morgan fingerprint density at radius 3 is 2.74 bits per heavy atom. The Morgan fingerprint density at radius 1 is 1.19 bits per heavy atom. The average Bonchev–Trinajstić information content (AvgIpc) is 3.52. The molecule has 0 spiro atoms. The Labute approximate surface area is 182 Å². The van der Waals surface area contributed by atoms with E-state index in [1.807, 2.05) is 41.0 Å². The summed E-state index contributed by atoms with van der Waals surface area (Å²) in [5, 5.41) is 0. The van der Waals surface area contributed by atoms with Gasteiger partial charge in [0.2, 0.25) is 5.95 Å². The number of fused-ring (bicyclic) bond motifs is 1. The number of aromatic nitrogens is 5. The number of aldehydes is 1. The Kier molecular flexibility index (Phi) is 5.13. The maximum Gasteiger partial charge on any atom is 0.237 e. The molecule has 3 aromatic heterocycles. The topological polar surface area (TPSA) is 80.0 Å². The zero-order valence-electron chi connectivity index (χ0n) is 17.9. The molecule has 31 heavy (non-hydrogen) atoms. The first-order chi connectivity index (χ1) is 15.2. The zero-order chi connectivity index (χ0) is 21.4. The van der Waals surface area contributed by atoms with Crippen LogP contribution in [0, 0.1) is 0 Å². The molecule has 0 bridgehead atoms. The number of hydrogen-bond acceptors (Lipinski definition) is 7. The number of carbonyl (C=O) groups is 1. The van der Waals surface area contributed by atoms with Gasteiger partial charge < -0.3 is 14.6 Å². The monoisotopic (exact) mass is 417 g/mol. The molecule has 2 atom stereocenters. The van der Waals surface area contributed by atoms with E-state index in [0.717, 1.165) is 48.3 Å². The number of imidazole rings is 1. The largest absolute Gasteiger partial charge is 0.359 e. The molecule has 8 nitrogen and oxygen atoms in total. The minimum Gasteiger partial charge on any atom is -0.359 e. The van der Waals surface area contributed by atoms with E-state index in [9.17, 15) is 4.79 Å². The Bertz CT molecular complexity index is 1060. The summed E-state index contributed by atoms with van der Waals surface area (Å²) >= 11 is 0. The lowest BCUT2D eigenvalue weighted by molar-refractivity contribution is -0.109. The van der Waals surface area contributed by atoms with Crippen LogP contribution >= 0.6 is 0 Å². The van der Waals surface area contributed by atoms with Gasteiger partial charge in [0.15, 0.2) is 5.82 Å². The Hall–Kier alpha value is -3.29. The van der Waals surface area contributed by atoms with Crippen LogP contribution in [0.1, 0.15) is 39.0 Å². The summed E-state index contributed by atoms with van der Waals surface area (Å²) in [5.41, 5.74) is 2.68. The highest BCUT2D eigenvalue weighted by Crippen LogP contribution is 2.41. The zero-order valence-corrected chi connectivity index (χ0v) is 17.9. The number of hydrogen-bond donors (Lipinski definition) is 0. The lowest BCUT2D eigenvalue weighted by Crippen LogP contribution is -2.58. The molecule has 1 fully saturated rings. The lowest BCUT2D eigenvalue weighted by atomic mass is 9.97. The van der Waals surface area contributed by atoms with E-state index in [-0.39, 0.29) is 12.1 Å². The summed E-state index contributed by atoms with van der Waals surface area (Å²) in [4.78, 5) is 34.7. The van der Waals surface area contributed by atoms with Crippen molar-refractivity contribution >= 4 is 17.8 Å². The second-order valence-electron chi connectivity index (χ2n) is 8.35.